The zero-order valence-corrected chi connectivity index (χ0v) is 12.4. The Morgan fingerprint density at radius 2 is 1.95 bits per heavy atom. The van der Waals surface area contributed by atoms with Crippen LogP contribution in [0.4, 0.5) is 0 Å². The largest absolute Gasteiger partial charge is 0.391 e. The SMILES string of the molecule is CC(C)CC(O)CNC(=O)C1(c2ccccc2)CCC1. The maximum atomic E-state index is 12.5. The van der Waals surface area contributed by atoms with Crippen LogP contribution in [0.2, 0.25) is 0 Å². The third-order valence-electron chi connectivity index (χ3n) is 4.21. The quantitative estimate of drug-likeness (QED) is 0.838. The average Bonchev–Trinajstić information content (AvgIpc) is 2.35. The first-order valence-corrected chi connectivity index (χ1v) is 7.56. The summed E-state index contributed by atoms with van der Waals surface area (Å²) in [4.78, 5) is 12.5. The van der Waals surface area contributed by atoms with E-state index in [-0.39, 0.29) is 11.3 Å². The summed E-state index contributed by atoms with van der Waals surface area (Å²) in [6.45, 7) is 4.50. The molecule has 2 N–H and O–H groups in total. The molecule has 1 aromatic rings. The smallest absolute Gasteiger partial charge is 0.230 e. The molecule has 1 aromatic carbocycles. The number of carbonyl (C=O) groups is 1. The normalized spacial score (nSPS) is 18.4. The lowest BCUT2D eigenvalue weighted by Crippen LogP contribution is -2.50. The molecule has 0 radical (unpaired) electrons. The summed E-state index contributed by atoms with van der Waals surface area (Å²) in [7, 11) is 0. The Bertz CT molecular complexity index is 438. The maximum Gasteiger partial charge on any atom is 0.230 e. The minimum Gasteiger partial charge on any atom is -0.391 e. The lowest BCUT2D eigenvalue weighted by atomic mass is 9.64. The van der Waals surface area contributed by atoms with E-state index in [1.54, 1.807) is 0 Å². The average molecular weight is 275 g/mol. The van der Waals surface area contributed by atoms with Crippen molar-refractivity contribution in [3.8, 4) is 0 Å². The fraction of sp³-hybridized carbons (Fsp3) is 0.588. The molecule has 1 unspecified atom stereocenters. The van der Waals surface area contributed by atoms with Crippen LogP contribution < -0.4 is 5.32 Å². The van der Waals surface area contributed by atoms with Gasteiger partial charge in [-0.15, -0.1) is 0 Å². The second-order valence-electron chi connectivity index (χ2n) is 6.30. The molecular formula is C17H25NO2. The fourth-order valence-corrected chi connectivity index (χ4v) is 2.94. The molecule has 2 rings (SSSR count). The van der Waals surface area contributed by atoms with Crippen LogP contribution in [0.3, 0.4) is 0 Å². The lowest BCUT2D eigenvalue weighted by molar-refractivity contribution is -0.130. The van der Waals surface area contributed by atoms with Crippen LogP contribution in [-0.4, -0.2) is 23.7 Å². The van der Waals surface area contributed by atoms with Crippen LogP contribution in [0.5, 0.6) is 0 Å². The van der Waals surface area contributed by atoms with Crippen molar-refractivity contribution in [3.05, 3.63) is 35.9 Å². The van der Waals surface area contributed by atoms with Gasteiger partial charge in [0.1, 0.15) is 0 Å². The van der Waals surface area contributed by atoms with Crippen LogP contribution >= 0.6 is 0 Å². The van der Waals surface area contributed by atoms with Crippen molar-refractivity contribution in [2.24, 2.45) is 5.92 Å². The van der Waals surface area contributed by atoms with Gasteiger partial charge in [-0.05, 0) is 30.7 Å². The zero-order valence-electron chi connectivity index (χ0n) is 12.4. The summed E-state index contributed by atoms with van der Waals surface area (Å²) >= 11 is 0. The van der Waals surface area contributed by atoms with Gasteiger partial charge in [0.15, 0.2) is 0 Å². The number of amides is 1. The van der Waals surface area contributed by atoms with E-state index in [0.29, 0.717) is 12.5 Å². The van der Waals surface area contributed by atoms with Gasteiger partial charge >= 0.3 is 0 Å². The molecule has 1 amide bonds. The molecule has 110 valence electrons. The van der Waals surface area contributed by atoms with Crippen molar-refractivity contribution in [1.82, 2.24) is 5.32 Å². The minimum atomic E-state index is -0.452. The van der Waals surface area contributed by atoms with Crippen molar-refractivity contribution in [2.45, 2.75) is 51.0 Å². The van der Waals surface area contributed by atoms with Crippen molar-refractivity contribution in [1.29, 1.82) is 0 Å². The summed E-state index contributed by atoms with van der Waals surface area (Å²) in [5, 5.41) is 12.8. The lowest BCUT2D eigenvalue weighted by Gasteiger charge is -2.41. The van der Waals surface area contributed by atoms with E-state index in [9.17, 15) is 9.90 Å². The summed E-state index contributed by atoms with van der Waals surface area (Å²) < 4.78 is 0. The predicted octanol–water partition coefficient (Wildman–Crippen LogP) is 2.63. The van der Waals surface area contributed by atoms with Crippen LogP contribution in [0.15, 0.2) is 30.3 Å². The fourth-order valence-electron chi connectivity index (χ4n) is 2.94. The van der Waals surface area contributed by atoms with Gasteiger partial charge in [0.05, 0.1) is 11.5 Å². The molecule has 1 fully saturated rings. The third-order valence-corrected chi connectivity index (χ3v) is 4.21. The Balaban J connectivity index is 1.97. The maximum absolute atomic E-state index is 12.5. The number of carbonyl (C=O) groups excluding carboxylic acids is 1. The highest BCUT2D eigenvalue weighted by Gasteiger charge is 2.45. The van der Waals surface area contributed by atoms with Crippen LogP contribution in [0.25, 0.3) is 0 Å². The van der Waals surface area contributed by atoms with E-state index in [4.69, 9.17) is 0 Å². The number of rotatable bonds is 6. The van der Waals surface area contributed by atoms with E-state index < -0.39 is 6.10 Å². The molecule has 0 heterocycles. The summed E-state index contributed by atoms with van der Waals surface area (Å²) in [6, 6.07) is 10.00. The molecule has 1 aliphatic carbocycles. The van der Waals surface area contributed by atoms with E-state index in [1.165, 1.54) is 0 Å². The molecule has 0 aromatic heterocycles. The van der Waals surface area contributed by atoms with Crippen molar-refractivity contribution >= 4 is 5.91 Å². The zero-order chi connectivity index (χ0) is 14.6. The highest BCUT2D eigenvalue weighted by Crippen LogP contribution is 2.43. The predicted molar refractivity (Wildman–Crippen MR) is 80.4 cm³/mol. The van der Waals surface area contributed by atoms with Crippen molar-refractivity contribution < 1.29 is 9.90 Å². The number of benzene rings is 1. The van der Waals surface area contributed by atoms with Crippen LogP contribution in [0.1, 0.15) is 45.1 Å². The Morgan fingerprint density at radius 3 is 2.45 bits per heavy atom. The number of hydrogen-bond donors (Lipinski definition) is 2. The standard InChI is InChI=1S/C17H25NO2/c1-13(2)11-15(19)12-18-16(20)17(9-6-10-17)14-7-4-3-5-8-14/h3-5,7-8,13,15,19H,6,9-12H2,1-2H3,(H,18,20). The van der Waals surface area contributed by atoms with Crippen LogP contribution in [0, 0.1) is 5.92 Å². The monoisotopic (exact) mass is 275 g/mol. The molecule has 0 saturated heterocycles. The molecule has 1 saturated carbocycles. The van der Waals surface area contributed by atoms with E-state index >= 15 is 0 Å². The van der Waals surface area contributed by atoms with E-state index in [0.717, 1.165) is 31.2 Å². The number of nitrogens with one attached hydrogen (secondary N) is 1. The first kappa shape index (κ1) is 15.0. The molecule has 0 aliphatic heterocycles. The summed E-state index contributed by atoms with van der Waals surface area (Å²) in [6.07, 6.45) is 3.17. The Hall–Kier alpha value is -1.35. The molecule has 3 nitrogen and oxygen atoms in total. The molecule has 1 atom stereocenters. The minimum absolute atomic E-state index is 0.0674. The molecule has 3 heteroatoms. The first-order valence-electron chi connectivity index (χ1n) is 7.56. The highest BCUT2D eigenvalue weighted by atomic mass is 16.3. The summed E-state index contributed by atoms with van der Waals surface area (Å²) in [5.41, 5.74) is 0.737. The van der Waals surface area contributed by atoms with Gasteiger partial charge < -0.3 is 10.4 Å². The van der Waals surface area contributed by atoms with Crippen LogP contribution in [-0.2, 0) is 10.2 Å². The third kappa shape index (κ3) is 3.21. The van der Waals surface area contributed by atoms with Gasteiger partial charge in [-0.3, -0.25) is 4.79 Å². The topological polar surface area (TPSA) is 49.3 Å². The number of hydrogen-bond acceptors (Lipinski definition) is 2. The van der Waals surface area contributed by atoms with Gasteiger partial charge in [-0.1, -0.05) is 50.6 Å². The molecule has 0 spiro atoms. The van der Waals surface area contributed by atoms with Crippen molar-refractivity contribution in [2.75, 3.05) is 6.54 Å². The molecular weight excluding hydrogens is 250 g/mol. The number of aliphatic hydroxyl groups is 1. The molecule has 20 heavy (non-hydrogen) atoms. The summed E-state index contributed by atoms with van der Waals surface area (Å²) in [5.74, 6) is 0.506. The second-order valence-corrected chi connectivity index (χ2v) is 6.30. The number of aliphatic hydroxyl groups excluding tert-OH is 1. The van der Waals surface area contributed by atoms with Gasteiger partial charge in [0.2, 0.25) is 5.91 Å². The van der Waals surface area contributed by atoms with Crippen molar-refractivity contribution in [3.63, 3.8) is 0 Å². The van der Waals surface area contributed by atoms with Gasteiger partial charge in [0, 0.05) is 6.54 Å². The van der Waals surface area contributed by atoms with Gasteiger partial charge in [0.25, 0.3) is 0 Å². The van der Waals surface area contributed by atoms with Gasteiger partial charge in [-0.2, -0.15) is 0 Å². The first-order chi connectivity index (χ1) is 9.54. The molecule has 1 aliphatic rings. The molecule has 0 bridgehead atoms. The van der Waals surface area contributed by atoms with E-state index in [2.05, 4.69) is 19.2 Å². The van der Waals surface area contributed by atoms with E-state index in [1.807, 2.05) is 30.3 Å². The second kappa shape index (κ2) is 6.40. The highest BCUT2D eigenvalue weighted by molar-refractivity contribution is 5.89. The Labute approximate surface area is 121 Å². The van der Waals surface area contributed by atoms with Gasteiger partial charge in [-0.25, -0.2) is 0 Å². The Kier molecular flexibility index (Phi) is 4.81. The Morgan fingerprint density at radius 1 is 1.30 bits per heavy atom.